The Morgan fingerprint density at radius 1 is 0.391 bits per heavy atom. The van der Waals surface area contributed by atoms with Crippen molar-refractivity contribution in [2.24, 2.45) is 0 Å². The lowest BCUT2D eigenvalue weighted by Gasteiger charge is -2.30. The molecule has 0 spiro atoms. The summed E-state index contributed by atoms with van der Waals surface area (Å²) in [6.45, 7) is 0. The van der Waals surface area contributed by atoms with Gasteiger partial charge in [0.05, 0.1) is 25.6 Å². The molecule has 7 aromatic rings. The van der Waals surface area contributed by atoms with Crippen molar-refractivity contribution in [1.82, 2.24) is 0 Å². The first kappa shape index (κ1) is 26.2. The van der Waals surface area contributed by atoms with E-state index in [0.717, 1.165) is 32.3 Å². The maximum atomic E-state index is 14.0. The van der Waals surface area contributed by atoms with E-state index in [1.807, 2.05) is 24.3 Å². The fourth-order valence-corrected chi connectivity index (χ4v) is 7.33. The molecule has 0 radical (unpaired) electrons. The number of anilines is 2. The van der Waals surface area contributed by atoms with Gasteiger partial charge in [0, 0.05) is 33.0 Å². The van der Waals surface area contributed by atoms with Gasteiger partial charge >= 0.3 is 0 Å². The largest absolute Gasteiger partial charge is 0.495 e. The Kier molecular flexibility index (Phi) is 5.18. The van der Waals surface area contributed by atoms with Crippen LogP contribution in [0.4, 0.5) is 11.4 Å². The number of fused-ring (bicyclic) bond motifs is 2. The molecule has 220 valence electrons. The van der Waals surface area contributed by atoms with E-state index >= 15 is 0 Å². The van der Waals surface area contributed by atoms with Gasteiger partial charge in [-0.15, -0.1) is 0 Å². The molecule has 0 aliphatic carbocycles. The van der Waals surface area contributed by atoms with Crippen LogP contribution in [-0.2, 0) is 0 Å². The van der Waals surface area contributed by atoms with E-state index in [-0.39, 0.29) is 0 Å². The Balaban J connectivity index is 1.31. The van der Waals surface area contributed by atoms with Gasteiger partial charge in [-0.25, -0.2) is 9.80 Å². The van der Waals surface area contributed by atoms with Crippen LogP contribution < -0.4 is 19.3 Å². The molecule has 0 bridgehead atoms. The van der Waals surface area contributed by atoms with Gasteiger partial charge in [-0.1, -0.05) is 48.5 Å². The molecule has 0 unspecified atom stereocenters. The number of rotatable bonds is 4. The summed E-state index contributed by atoms with van der Waals surface area (Å²) in [5.74, 6) is -0.909. The highest BCUT2D eigenvalue weighted by Gasteiger charge is 2.39. The van der Waals surface area contributed by atoms with Crippen LogP contribution >= 0.6 is 0 Å². The van der Waals surface area contributed by atoms with Gasteiger partial charge in [-0.3, -0.25) is 19.2 Å². The lowest BCUT2D eigenvalue weighted by Crippen LogP contribution is -2.40. The summed E-state index contributed by atoms with van der Waals surface area (Å²) in [4.78, 5) is 58.4. The van der Waals surface area contributed by atoms with Gasteiger partial charge < -0.3 is 9.47 Å². The van der Waals surface area contributed by atoms with Gasteiger partial charge in [0.25, 0.3) is 23.6 Å². The van der Waals surface area contributed by atoms with E-state index in [1.165, 1.54) is 24.0 Å². The van der Waals surface area contributed by atoms with Gasteiger partial charge in [0.15, 0.2) is 0 Å². The Hall–Kier alpha value is -6.28. The fraction of sp³-hybridized carbons (Fsp3) is 0.0526. The average Bonchev–Trinajstić information content (AvgIpc) is 3.09. The van der Waals surface area contributed by atoms with Crippen LogP contribution in [0.15, 0.2) is 97.1 Å². The van der Waals surface area contributed by atoms with E-state index in [9.17, 15) is 19.2 Å². The van der Waals surface area contributed by atoms with Crippen molar-refractivity contribution < 1.29 is 28.7 Å². The predicted octanol–water partition coefficient (Wildman–Crippen LogP) is 7.36. The van der Waals surface area contributed by atoms with Crippen molar-refractivity contribution in [1.29, 1.82) is 0 Å². The molecular formula is C38H22N2O6. The molecule has 2 aliphatic rings. The topological polar surface area (TPSA) is 93.2 Å². The number of nitrogens with zero attached hydrogens (tertiary/aromatic N) is 2. The van der Waals surface area contributed by atoms with E-state index in [2.05, 4.69) is 0 Å². The highest BCUT2D eigenvalue weighted by Crippen LogP contribution is 2.47. The minimum absolute atomic E-state index is 0.375. The monoisotopic (exact) mass is 602 g/mol. The summed E-state index contributed by atoms with van der Waals surface area (Å²) in [6, 6.07) is 28.5. The Morgan fingerprint density at radius 3 is 1.00 bits per heavy atom. The number of methoxy groups -OCH3 is 2. The first-order chi connectivity index (χ1) is 22.4. The number of para-hydroxylation sites is 4. The molecular weight excluding hydrogens is 580 g/mol. The van der Waals surface area contributed by atoms with Gasteiger partial charge in [0.2, 0.25) is 0 Å². The highest BCUT2D eigenvalue weighted by atomic mass is 16.5. The molecule has 4 amide bonds. The van der Waals surface area contributed by atoms with E-state index in [1.54, 1.807) is 72.8 Å². The lowest BCUT2D eigenvalue weighted by atomic mass is 9.82. The van der Waals surface area contributed by atoms with Crippen molar-refractivity contribution in [3.05, 3.63) is 119 Å². The number of amides is 4. The molecule has 0 saturated carbocycles. The maximum Gasteiger partial charge on any atom is 0.266 e. The van der Waals surface area contributed by atoms with Crippen LogP contribution in [0.25, 0.3) is 43.1 Å². The number of carbonyl (C=O) groups is 4. The van der Waals surface area contributed by atoms with Crippen LogP contribution in [0, 0.1) is 0 Å². The normalized spacial score (nSPS) is 14.4. The first-order valence-electron chi connectivity index (χ1n) is 14.7. The molecule has 2 heterocycles. The molecule has 0 aromatic heterocycles. The minimum atomic E-state index is -0.436. The molecule has 0 atom stereocenters. The Labute approximate surface area is 261 Å². The summed E-state index contributed by atoms with van der Waals surface area (Å²) < 4.78 is 11.0. The highest BCUT2D eigenvalue weighted by molar-refractivity contribution is 6.45. The summed E-state index contributed by atoms with van der Waals surface area (Å²) >= 11 is 0. The van der Waals surface area contributed by atoms with Crippen LogP contribution in [0.5, 0.6) is 11.5 Å². The molecule has 8 nitrogen and oxygen atoms in total. The first-order valence-corrected chi connectivity index (χ1v) is 14.7. The van der Waals surface area contributed by atoms with Crippen molar-refractivity contribution in [3.8, 4) is 11.5 Å². The second-order valence-corrected chi connectivity index (χ2v) is 11.4. The maximum absolute atomic E-state index is 14.0. The molecule has 9 rings (SSSR count). The van der Waals surface area contributed by atoms with Crippen molar-refractivity contribution in [2.75, 3.05) is 24.0 Å². The number of ether oxygens (including phenoxy) is 2. The predicted molar refractivity (Wildman–Crippen MR) is 176 cm³/mol. The molecule has 0 fully saturated rings. The summed E-state index contributed by atoms with van der Waals surface area (Å²) in [5, 5.41) is 6.05. The van der Waals surface area contributed by atoms with E-state index in [0.29, 0.717) is 55.9 Å². The summed E-state index contributed by atoms with van der Waals surface area (Å²) in [7, 11) is 3.00. The molecule has 8 heteroatoms. The number of benzene rings is 7. The zero-order valence-corrected chi connectivity index (χ0v) is 24.6. The standard InChI is InChI=1S/C38H22N2O6/c1-45-29-9-5-3-7-27(29)39-35(41)23-15-11-19-21-13-17-25-34-26(38(44)40(37(25)43)28-8-4-6-10-30(28)46-2)18-14-22(32(21)34)20-12-16-24(36(39)42)33(23)31(19)20/h3-18H,1-2H3. The molecule has 46 heavy (non-hydrogen) atoms. The quantitative estimate of drug-likeness (QED) is 0.119. The second kappa shape index (κ2) is 9.12. The number of carbonyl (C=O) groups excluding carboxylic acids is 4. The van der Waals surface area contributed by atoms with E-state index < -0.39 is 23.6 Å². The van der Waals surface area contributed by atoms with Crippen LogP contribution in [0.2, 0.25) is 0 Å². The zero-order valence-electron chi connectivity index (χ0n) is 24.6. The van der Waals surface area contributed by atoms with Crippen LogP contribution in [0.3, 0.4) is 0 Å². The smallest absolute Gasteiger partial charge is 0.266 e. The SMILES string of the molecule is COc1ccccc1N1C(=O)c2ccc3c4ccc5c6c(ccc(c7ccc(c2c37)C1=O)c64)C(=O)N(c1ccccc1OC)C5=O. The number of hydrogen-bond acceptors (Lipinski definition) is 6. The summed E-state index contributed by atoms with van der Waals surface area (Å²) in [6.07, 6.45) is 0. The average molecular weight is 603 g/mol. The van der Waals surface area contributed by atoms with Gasteiger partial charge in [0.1, 0.15) is 11.5 Å². The summed E-state index contributed by atoms with van der Waals surface area (Å²) in [5.41, 5.74) is 2.39. The minimum Gasteiger partial charge on any atom is -0.495 e. The molecule has 7 aromatic carbocycles. The number of hydrogen-bond donors (Lipinski definition) is 0. The Morgan fingerprint density at radius 2 is 0.696 bits per heavy atom. The van der Waals surface area contributed by atoms with E-state index in [4.69, 9.17) is 9.47 Å². The molecule has 0 N–H and O–H groups in total. The van der Waals surface area contributed by atoms with Crippen LogP contribution in [0.1, 0.15) is 41.4 Å². The van der Waals surface area contributed by atoms with Crippen molar-refractivity contribution >= 4 is 78.1 Å². The van der Waals surface area contributed by atoms with Gasteiger partial charge in [-0.2, -0.15) is 0 Å². The second-order valence-electron chi connectivity index (χ2n) is 11.4. The molecule has 0 saturated heterocycles. The van der Waals surface area contributed by atoms with Crippen molar-refractivity contribution in [2.45, 2.75) is 0 Å². The molecule has 2 aliphatic heterocycles. The van der Waals surface area contributed by atoms with Crippen LogP contribution in [-0.4, -0.2) is 37.8 Å². The Bertz CT molecular complexity index is 2260. The third kappa shape index (κ3) is 3.12. The fourth-order valence-electron chi connectivity index (χ4n) is 7.33. The van der Waals surface area contributed by atoms with Gasteiger partial charge in [-0.05, 0) is 80.8 Å². The zero-order chi connectivity index (χ0) is 31.4. The third-order valence-electron chi connectivity index (χ3n) is 9.29. The number of imide groups is 2. The third-order valence-corrected chi connectivity index (χ3v) is 9.29. The lowest BCUT2D eigenvalue weighted by molar-refractivity contribution is 0.0877. The van der Waals surface area contributed by atoms with Crippen molar-refractivity contribution in [3.63, 3.8) is 0 Å².